The largest absolute Gasteiger partial charge is 0.358 e. The molecule has 1 aromatic carbocycles. The van der Waals surface area contributed by atoms with Crippen molar-refractivity contribution >= 4 is 33.4 Å². The van der Waals surface area contributed by atoms with Crippen molar-refractivity contribution in [3.8, 4) is 0 Å². The van der Waals surface area contributed by atoms with Crippen molar-refractivity contribution < 1.29 is 18.0 Å². The van der Waals surface area contributed by atoms with Gasteiger partial charge in [-0.3, -0.25) is 9.59 Å². The number of carbonyl (C=O) groups is 2. The summed E-state index contributed by atoms with van der Waals surface area (Å²) < 4.78 is 27.5. The van der Waals surface area contributed by atoms with Crippen LogP contribution >= 0.6 is 11.6 Å². The highest BCUT2D eigenvalue weighted by Crippen LogP contribution is 2.28. The minimum Gasteiger partial charge on any atom is -0.358 e. The van der Waals surface area contributed by atoms with Crippen LogP contribution in [0.2, 0.25) is 5.02 Å². The van der Waals surface area contributed by atoms with Crippen molar-refractivity contribution in [1.29, 1.82) is 0 Å². The Balaban J connectivity index is 2.34. The topological polar surface area (TPSA) is 86.8 Å². The summed E-state index contributed by atoms with van der Waals surface area (Å²) in [4.78, 5) is 25.6. The first-order chi connectivity index (χ1) is 12.8. The van der Waals surface area contributed by atoms with E-state index < -0.39 is 15.9 Å². The second kappa shape index (κ2) is 9.52. The van der Waals surface area contributed by atoms with E-state index in [1.54, 1.807) is 6.92 Å². The maximum Gasteiger partial charge on any atom is 0.254 e. The Bertz CT molecular complexity index is 790. The number of benzene rings is 1. The maximum atomic E-state index is 13.1. The van der Waals surface area contributed by atoms with Gasteiger partial charge in [0, 0.05) is 32.2 Å². The molecule has 1 saturated heterocycles. The zero-order valence-corrected chi connectivity index (χ0v) is 17.3. The smallest absolute Gasteiger partial charge is 0.254 e. The molecule has 0 spiro atoms. The lowest BCUT2D eigenvalue weighted by molar-refractivity contribution is -0.121. The zero-order chi connectivity index (χ0) is 20.0. The highest BCUT2D eigenvalue weighted by molar-refractivity contribution is 7.89. The second-order valence-corrected chi connectivity index (χ2v) is 8.77. The van der Waals surface area contributed by atoms with E-state index in [2.05, 4.69) is 5.32 Å². The van der Waals surface area contributed by atoms with Crippen molar-refractivity contribution in [1.82, 2.24) is 14.5 Å². The minimum absolute atomic E-state index is 0.0621. The van der Waals surface area contributed by atoms with Crippen molar-refractivity contribution in [3.63, 3.8) is 0 Å². The van der Waals surface area contributed by atoms with Gasteiger partial charge in [0.25, 0.3) is 5.91 Å². The van der Waals surface area contributed by atoms with E-state index in [0.29, 0.717) is 19.6 Å². The molecule has 150 valence electrons. The van der Waals surface area contributed by atoms with E-state index in [0.717, 1.165) is 25.7 Å². The molecule has 0 bridgehead atoms. The molecule has 1 N–H and O–H groups in total. The van der Waals surface area contributed by atoms with Gasteiger partial charge in [-0.05, 0) is 38.0 Å². The summed E-state index contributed by atoms with van der Waals surface area (Å²) in [6, 6.07) is 4.23. The molecule has 1 aromatic rings. The number of carbonyl (C=O) groups excluding carboxylic acids is 2. The molecule has 0 aliphatic carbocycles. The van der Waals surface area contributed by atoms with Crippen LogP contribution in [0.4, 0.5) is 0 Å². The Morgan fingerprint density at radius 2 is 1.81 bits per heavy atom. The van der Waals surface area contributed by atoms with Crippen LogP contribution < -0.4 is 5.32 Å². The van der Waals surface area contributed by atoms with E-state index in [9.17, 15) is 18.0 Å². The number of rotatable bonds is 6. The molecule has 9 heteroatoms. The molecular formula is C18H26ClN3O4S. The first-order valence-electron chi connectivity index (χ1n) is 9.10. The summed E-state index contributed by atoms with van der Waals surface area (Å²) in [5, 5.41) is 2.56. The van der Waals surface area contributed by atoms with E-state index in [1.807, 2.05) is 0 Å². The van der Waals surface area contributed by atoms with Crippen molar-refractivity contribution in [3.05, 3.63) is 28.8 Å². The van der Waals surface area contributed by atoms with Gasteiger partial charge in [0.15, 0.2) is 0 Å². The second-order valence-electron chi connectivity index (χ2n) is 6.46. The molecule has 27 heavy (non-hydrogen) atoms. The van der Waals surface area contributed by atoms with Crippen LogP contribution in [0.3, 0.4) is 0 Å². The molecule has 0 aromatic heterocycles. The molecule has 2 amide bonds. The van der Waals surface area contributed by atoms with Crippen molar-refractivity contribution in [2.45, 2.75) is 37.5 Å². The molecule has 1 aliphatic rings. The van der Waals surface area contributed by atoms with Crippen LogP contribution in [0.1, 0.15) is 43.0 Å². The molecule has 0 atom stereocenters. The molecule has 0 radical (unpaired) electrons. The van der Waals surface area contributed by atoms with Crippen LogP contribution in [0.25, 0.3) is 0 Å². The van der Waals surface area contributed by atoms with E-state index in [-0.39, 0.29) is 27.9 Å². The van der Waals surface area contributed by atoms with Crippen LogP contribution in [-0.2, 0) is 14.8 Å². The van der Waals surface area contributed by atoms with Crippen LogP contribution in [0.15, 0.2) is 23.1 Å². The number of likely N-dealkylation sites (N-methyl/N-ethyl adjacent to an activating group) is 2. The van der Waals surface area contributed by atoms with Gasteiger partial charge in [-0.1, -0.05) is 24.4 Å². The van der Waals surface area contributed by atoms with Gasteiger partial charge in [-0.15, -0.1) is 0 Å². The summed E-state index contributed by atoms with van der Waals surface area (Å²) in [6.07, 6.45) is 3.63. The van der Waals surface area contributed by atoms with Crippen LogP contribution in [0, 0.1) is 0 Å². The van der Waals surface area contributed by atoms with E-state index in [1.165, 1.54) is 34.5 Å². The Kier molecular flexibility index (Phi) is 7.64. The fourth-order valence-electron chi connectivity index (χ4n) is 3.02. The van der Waals surface area contributed by atoms with Gasteiger partial charge in [0.1, 0.15) is 4.90 Å². The van der Waals surface area contributed by atoms with Gasteiger partial charge < -0.3 is 10.2 Å². The summed E-state index contributed by atoms with van der Waals surface area (Å²) in [5.74, 6) is -0.707. The van der Waals surface area contributed by atoms with Gasteiger partial charge in [0.2, 0.25) is 15.9 Å². The SMILES string of the molecule is CCN(CC(=O)NC)C(=O)c1ccc(Cl)c(S(=O)(=O)N2CCCCCC2)c1. The average molecular weight is 416 g/mol. The van der Waals surface area contributed by atoms with Gasteiger partial charge in [0.05, 0.1) is 11.6 Å². The van der Waals surface area contributed by atoms with Gasteiger partial charge in [-0.25, -0.2) is 8.42 Å². The molecule has 0 saturated carbocycles. The lowest BCUT2D eigenvalue weighted by Crippen LogP contribution is -2.39. The number of nitrogens with zero attached hydrogens (tertiary/aromatic N) is 2. The molecule has 7 nitrogen and oxygen atoms in total. The fraction of sp³-hybridized carbons (Fsp3) is 0.556. The molecule has 2 rings (SSSR count). The number of hydrogen-bond acceptors (Lipinski definition) is 4. The Labute approximate surface area is 165 Å². The monoisotopic (exact) mass is 415 g/mol. The van der Waals surface area contributed by atoms with E-state index in [4.69, 9.17) is 11.6 Å². The third kappa shape index (κ3) is 5.21. The normalized spacial score (nSPS) is 15.8. The number of nitrogens with one attached hydrogen (secondary N) is 1. The minimum atomic E-state index is -3.78. The lowest BCUT2D eigenvalue weighted by atomic mass is 10.2. The summed E-state index contributed by atoms with van der Waals surface area (Å²) in [6.45, 7) is 2.89. The van der Waals surface area contributed by atoms with Gasteiger partial charge in [-0.2, -0.15) is 4.31 Å². The van der Waals surface area contributed by atoms with Crippen LogP contribution in [0.5, 0.6) is 0 Å². The van der Waals surface area contributed by atoms with Crippen LogP contribution in [-0.4, -0.2) is 62.7 Å². The zero-order valence-electron chi connectivity index (χ0n) is 15.7. The number of hydrogen-bond donors (Lipinski definition) is 1. The quantitative estimate of drug-likeness (QED) is 0.770. The Morgan fingerprint density at radius 1 is 1.19 bits per heavy atom. The molecular weight excluding hydrogens is 390 g/mol. The first-order valence-corrected chi connectivity index (χ1v) is 10.9. The summed E-state index contributed by atoms with van der Waals surface area (Å²) in [7, 11) is -2.29. The number of sulfonamides is 1. The average Bonchev–Trinajstić information content (AvgIpc) is 2.95. The summed E-state index contributed by atoms with van der Waals surface area (Å²) in [5.41, 5.74) is 0.193. The Morgan fingerprint density at radius 3 is 2.37 bits per heavy atom. The molecule has 1 fully saturated rings. The number of halogens is 1. The third-order valence-corrected chi connectivity index (χ3v) is 7.02. The molecule has 0 unspecified atom stereocenters. The fourth-order valence-corrected chi connectivity index (χ4v) is 5.03. The highest BCUT2D eigenvalue weighted by atomic mass is 35.5. The predicted octanol–water partition coefficient (Wildman–Crippen LogP) is 2.11. The lowest BCUT2D eigenvalue weighted by Gasteiger charge is -2.22. The predicted molar refractivity (Wildman–Crippen MR) is 104 cm³/mol. The Hall–Kier alpha value is -1.64. The number of amides is 2. The van der Waals surface area contributed by atoms with Crippen molar-refractivity contribution in [2.24, 2.45) is 0 Å². The summed E-state index contributed by atoms with van der Waals surface area (Å²) >= 11 is 6.17. The maximum absolute atomic E-state index is 13.1. The van der Waals surface area contributed by atoms with Crippen molar-refractivity contribution in [2.75, 3.05) is 33.2 Å². The first kappa shape index (κ1) is 21.7. The standard InChI is InChI=1S/C18H26ClN3O4S/c1-3-21(13-17(23)20-2)18(24)14-8-9-15(19)16(12-14)27(25,26)22-10-6-4-5-7-11-22/h8-9,12H,3-7,10-11,13H2,1-2H3,(H,20,23). The molecule has 1 heterocycles. The third-order valence-electron chi connectivity index (χ3n) is 4.64. The highest BCUT2D eigenvalue weighted by Gasteiger charge is 2.29. The van der Waals surface area contributed by atoms with E-state index >= 15 is 0 Å². The van der Waals surface area contributed by atoms with Gasteiger partial charge >= 0.3 is 0 Å². The molecule has 1 aliphatic heterocycles.